The van der Waals surface area contributed by atoms with Crippen LogP contribution in [0.1, 0.15) is 61.0 Å². The van der Waals surface area contributed by atoms with Gasteiger partial charge < -0.3 is 5.32 Å². The fourth-order valence-corrected chi connectivity index (χ4v) is 3.80. The molecule has 126 valence electrons. The molecule has 0 bridgehead atoms. The molecular formula is C17H24FN3OS. The average molecular weight is 337 g/mol. The smallest absolute Gasteiger partial charge is 0.262 e. The number of halogens is 1. The zero-order valence-corrected chi connectivity index (χ0v) is 15.3. The fourth-order valence-electron chi connectivity index (χ4n) is 2.89. The molecule has 0 aromatic carbocycles. The molecule has 0 aliphatic rings. The average Bonchev–Trinajstić information content (AvgIpc) is 2.93. The third kappa shape index (κ3) is 3.99. The van der Waals surface area contributed by atoms with Gasteiger partial charge in [-0.3, -0.25) is 4.79 Å². The van der Waals surface area contributed by atoms with Crippen LogP contribution < -0.4 is 5.32 Å². The number of amides is 1. The number of nitrogens with one attached hydrogen (secondary N) is 1. The summed E-state index contributed by atoms with van der Waals surface area (Å²) in [5.41, 5.74) is 1.37. The van der Waals surface area contributed by atoms with Crippen molar-refractivity contribution in [3.05, 3.63) is 33.5 Å². The van der Waals surface area contributed by atoms with E-state index in [1.165, 1.54) is 7.05 Å². The number of aryl methyl sites for hydroxylation is 2. The van der Waals surface area contributed by atoms with Crippen molar-refractivity contribution in [3.63, 3.8) is 0 Å². The maximum absolute atomic E-state index is 14.0. The van der Waals surface area contributed by atoms with E-state index in [1.807, 2.05) is 11.4 Å². The summed E-state index contributed by atoms with van der Waals surface area (Å²) in [6.45, 7) is 10.4. The van der Waals surface area contributed by atoms with Gasteiger partial charge in [-0.15, -0.1) is 11.3 Å². The van der Waals surface area contributed by atoms with Crippen LogP contribution in [0.2, 0.25) is 0 Å². The number of aromatic nitrogens is 2. The molecule has 6 heteroatoms. The van der Waals surface area contributed by atoms with Crippen molar-refractivity contribution >= 4 is 22.9 Å². The third-order valence-corrected chi connectivity index (χ3v) is 4.84. The number of hydrogen-bond donors (Lipinski definition) is 1. The molecule has 1 unspecified atom stereocenters. The predicted octanol–water partition coefficient (Wildman–Crippen LogP) is 4.72. The zero-order chi connectivity index (χ0) is 17.4. The van der Waals surface area contributed by atoms with Crippen molar-refractivity contribution in [2.45, 2.75) is 47.0 Å². The molecule has 23 heavy (non-hydrogen) atoms. The van der Waals surface area contributed by atoms with Gasteiger partial charge in [0, 0.05) is 11.9 Å². The van der Waals surface area contributed by atoms with Crippen LogP contribution in [-0.2, 0) is 7.05 Å². The number of hydrogen-bond acceptors (Lipinski definition) is 3. The summed E-state index contributed by atoms with van der Waals surface area (Å²) in [6, 6.07) is 1.88. The van der Waals surface area contributed by atoms with Crippen LogP contribution in [0.25, 0.3) is 0 Å². The summed E-state index contributed by atoms with van der Waals surface area (Å²) in [6.07, 6.45) is 1.01. The van der Waals surface area contributed by atoms with Crippen molar-refractivity contribution in [1.29, 1.82) is 0 Å². The Labute approximate surface area is 140 Å². The highest BCUT2D eigenvalue weighted by Gasteiger charge is 2.24. The highest BCUT2D eigenvalue weighted by atomic mass is 32.1. The number of rotatable bonds is 4. The molecule has 4 nitrogen and oxygen atoms in total. The Morgan fingerprint density at radius 3 is 2.65 bits per heavy atom. The molecule has 1 N–H and O–H groups in total. The molecule has 2 rings (SSSR count). The van der Waals surface area contributed by atoms with Gasteiger partial charge in [0.25, 0.3) is 5.91 Å². The number of nitrogens with zero attached hydrogens (tertiary/aromatic N) is 2. The van der Waals surface area contributed by atoms with Gasteiger partial charge in [-0.05, 0) is 36.1 Å². The lowest BCUT2D eigenvalue weighted by atomic mass is 9.84. The summed E-state index contributed by atoms with van der Waals surface area (Å²) < 4.78 is 15.1. The van der Waals surface area contributed by atoms with Gasteiger partial charge in [-0.25, -0.2) is 4.68 Å². The monoisotopic (exact) mass is 337 g/mol. The van der Waals surface area contributed by atoms with Gasteiger partial charge in [0.15, 0.2) is 0 Å². The molecule has 0 aliphatic heterocycles. The Morgan fingerprint density at radius 2 is 2.13 bits per heavy atom. The lowest BCUT2D eigenvalue weighted by Gasteiger charge is -2.23. The molecule has 1 atom stereocenters. The summed E-state index contributed by atoms with van der Waals surface area (Å²) in [5.74, 6) is -0.736. The maximum atomic E-state index is 14.0. The van der Waals surface area contributed by atoms with Crippen LogP contribution in [0.15, 0.2) is 11.4 Å². The van der Waals surface area contributed by atoms with E-state index in [0.29, 0.717) is 11.6 Å². The molecule has 2 aromatic heterocycles. The Morgan fingerprint density at radius 1 is 1.48 bits per heavy atom. The molecule has 0 fully saturated rings. The van der Waals surface area contributed by atoms with E-state index in [0.717, 1.165) is 21.7 Å². The second-order valence-corrected chi connectivity index (χ2v) is 8.14. The van der Waals surface area contributed by atoms with Gasteiger partial charge in [-0.1, -0.05) is 27.7 Å². The van der Waals surface area contributed by atoms with E-state index >= 15 is 0 Å². The standard InChI is InChI=1S/C17H24FN3OS/c1-10(9-17(3,4)5)14-12(7-8-23-14)19-16(22)13-11(2)20-21(6)15(13)18/h7-8,10H,9H2,1-6H3,(H,19,22). The molecular weight excluding hydrogens is 313 g/mol. The first-order valence-corrected chi connectivity index (χ1v) is 8.56. The summed E-state index contributed by atoms with van der Waals surface area (Å²) in [4.78, 5) is 13.5. The molecule has 2 heterocycles. The van der Waals surface area contributed by atoms with Crippen LogP contribution >= 0.6 is 11.3 Å². The Bertz CT molecular complexity index is 712. The van der Waals surface area contributed by atoms with E-state index in [9.17, 15) is 9.18 Å². The van der Waals surface area contributed by atoms with Crippen molar-refractivity contribution in [2.75, 3.05) is 5.32 Å². The number of anilines is 1. The van der Waals surface area contributed by atoms with Crippen molar-refractivity contribution in [2.24, 2.45) is 12.5 Å². The topological polar surface area (TPSA) is 46.9 Å². The molecule has 0 saturated carbocycles. The number of thiophene rings is 1. The van der Waals surface area contributed by atoms with Gasteiger partial charge in [0.1, 0.15) is 5.56 Å². The lowest BCUT2D eigenvalue weighted by Crippen LogP contribution is -2.16. The summed E-state index contributed by atoms with van der Waals surface area (Å²) >= 11 is 1.62. The maximum Gasteiger partial charge on any atom is 0.262 e. The lowest BCUT2D eigenvalue weighted by molar-refractivity contribution is 0.102. The van der Waals surface area contributed by atoms with Crippen molar-refractivity contribution < 1.29 is 9.18 Å². The number of carbonyl (C=O) groups excluding carboxylic acids is 1. The molecule has 1 amide bonds. The van der Waals surface area contributed by atoms with Crippen molar-refractivity contribution in [3.8, 4) is 0 Å². The second-order valence-electron chi connectivity index (χ2n) is 7.19. The Kier molecular flexibility index (Phi) is 4.94. The highest BCUT2D eigenvalue weighted by Crippen LogP contribution is 2.37. The Balaban J connectivity index is 2.22. The van der Waals surface area contributed by atoms with Gasteiger partial charge in [-0.2, -0.15) is 9.49 Å². The van der Waals surface area contributed by atoms with Gasteiger partial charge in [0.2, 0.25) is 5.95 Å². The minimum absolute atomic E-state index is 0.00752. The minimum atomic E-state index is -0.612. The van der Waals surface area contributed by atoms with Crippen LogP contribution in [-0.4, -0.2) is 15.7 Å². The van der Waals surface area contributed by atoms with Crippen LogP contribution in [0.5, 0.6) is 0 Å². The summed E-state index contributed by atoms with van der Waals surface area (Å²) in [5, 5.41) is 8.75. The van der Waals surface area contributed by atoms with E-state index in [4.69, 9.17) is 0 Å². The first kappa shape index (κ1) is 17.7. The first-order chi connectivity index (χ1) is 10.6. The Hall–Kier alpha value is -1.69. The zero-order valence-electron chi connectivity index (χ0n) is 14.5. The van der Waals surface area contributed by atoms with E-state index in [1.54, 1.807) is 18.3 Å². The SMILES string of the molecule is Cc1nn(C)c(F)c1C(=O)Nc1ccsc1C(C)CC(C)(C)C. The molecule has 0 radical (unpaired) electrons. The fraction of sp³-hybridized carbons (Fsp3) is 0.529. The normalized spacial score (nSPS) is 13.2. The van der Waals surface area contributed by atoms with Crippen LogP contribution in [0.4, 0.5) is 10.1 Å². The first-order valence-electron chi connectivity index (χ1n) is 7.68. The van der Waals surface area contributed by atoms with Crippen LogP contribution in [0, 0.1) is 18.3 Å². The van der Waals surface area contributed by atoms with Crippen molar-refractivity contribution in [1.82, 2.24) is 9.78 Å². The predicted molar refractivity (Wildman–Crippen MR) is 92.7 cm³/mol. The minimum Gasteiger partial charge on any atom is -0.321 e. The number of carbonyl (C=O) groups is 1. The van der Waals surface area contributed by atoms with E-state index in [2.05, 4.69) is 38.1 Å². The van der Waals surface area contributed by atoms with E-state index in [-0.39, 0.29) is 11.0 Å². The van der Waals surface area contributed by atoms with Gasteiger partial charge >= 0.3 is 0 Å². The van der Waals surface area contributed by atoms with E-state index < -0.39 is 11.9 Å². The highest BCUT2D eigenvalue weighted by molar-refractivity contribution is 7.10. The molecule has 0 saturated heterocycles. The third-order valence-electron chi connectivity index (χ3n) is 3.69. The van der Waals surface area contributed by atoms with Gasteiger partial charge in [0.05, 0.1) is 11.4 Å². The molecule has 0 aliphatic carbocycles. The quantitative estimate of drug-likeness (QED) is 0.877. The summed E-state index contributed by atoms with van der Waals surface area (Å²) in [7, 11) is 1.49. The largest absolute Gasteiger partial charge is 0.321 e. The molecule has 2 aromatic rings. The van der Waals surface area contributed by atoms with Crippen LogP contribution in [0.3, 0.4) is 0 Å². The second kappa shape index (κ2) is 6.43. The molecule has 0 spiro atoms.